The van der Waals surface area contributed by atoms with Crippen molar-refractivity contribution in [2.75, 3.05) is 24.7 Å². The maximum Gasteiger partial charge on any atom is 0.340 e. The highest BCUT2D eigenvalue weighted by Gasteiger charge is 2.44. The molecule has 0 bridgehead atoms. The number of ether oxygens (including phenoxy) is 1. The van der Waals surface area contributed by atoms with Gasteiger partial charge in [0, 0.05) is 64.5 Å². The summed E-state index contributed by atoms with van der Waals surface area (Å²) >= 11 is 0. The number of nitrogens with zero attached hydrogens (tertiary/aromatic N) is 2. The lowest BCUT2D eigenvalue weighted by Gasteiger charge is -2.18. The zero-order valence-electron chi connectivity index (χ0n) is 22.3. The molecule has 1 aromatic heterocycles. The first-order valence-electron chi connectivity index (χ1n) is 12.9. The largest absolute Gasteiger partial charge is 0.387 e. The number of carbonyl (C=O) groups is 3. The molecule has 0 aromatic carbocycles. The molecule has 17 heteroatoms. The van der Waals surface area contributed by atoms with Crippen LogP contribution >= 0.6 is 47.0 Å². The molecule has 0 radical (unpaired) electrons. The number of carbonyl (C=O) groups excluding carboxylic acids is 3. The number of aromatic nitrogens is 2. The number of hydrogen-bond acceptors (Lipinski definition) is 11. The number of Topliss-reactive ketones (excluding diaryl/α,β-unsaturated/α-hetero) is 1. The third-order valence-electron chi connectivity index (χ3n) is 5.99. The highest BCUT2D eigenvalue weighted by atomic mass is 33.1. The number of aliphatic hydroxyl groups excluding tert-OH is 2. The van der Waals surface area contributed by atoms with E-state index in [4.69, 9.17) is 9.26 Å². The summed E-state index contributed by atoms with van der Waals surface area (Å²) in [6.07, 6.45) is 0.181. The minimum Gasteiger partial charge on any atom is -0.387 e. The van der Waals surface area contributed by atoms with Crippen molar-refractivity contribution in [2.24, 2.45) is 0 Å². The Kier molecular flexibility index (Phi) is 17.3. The zero-order chi connectivity index (χ0) is 29.5. The second-order valence-electron chi connectivity index (χ2n) is 8.87. The maximum absolute atomic E-state index is 13.0. The van der Waals surface area contributed by atoms with Crippen LogP contribution in [0.5, 0.6) is 0 Å². The minimum absolute atomic E-state index is 0.0285. The van der Waals surface area contributed by atoms with Crippen LogP contribution in [0.4, 0.5) is 0 Å². The Bertz CT molecular complexity index is 1090. The molecule has 2 heterocycles. The van der Waals surface area contributed by atoms with Crippen LogP contribution in [0.2, 0.25) is 0 Å². The molecule has 3 N–H and O–H groups in total. The summed E-state index contributed by atoms with van der Waals surface area (Å²) < 4.78 is 12.5. The predicted octanol–water partition coefficient (Wildman–Crippen LogP) is 2.08. The number of hydrogen-bond donors (Lipinski definition) is 3. The summed E-state index contributed by atoms with van der Waals surface area (Å²) in [5.74, 6) is 0.349. The Balaban J connectivity index is 1.75. The Hall–Kier alpha value is -0.680. The molecule has 4 unspecified atom stereocenters. The van der Waals surface area contributed by atoms with Crippen molar-refractivity contribution >= 4 is 64.6 Å². The fourth-order valence-corrected chi connectivity index (χ4v) is 7.34. The van der Waals surface area contributed by atoms with E-state index in [1.807, 2.05) is 6.92 Å². The standard InChI is InChI=1S/C23H38N3O9P3S2/c1-2-15(27)6-4-3-5-10-24-17(28)8-12-39-40-13-9-19(30)26-18(29)7-11-25(23(26)33)22-21(32)20(31)16(35-22)14-34-37-38-36/h7,11,16,20-22,31-32,37-38H,2-6,8-10,12-14,36H2,1H3,(H,24,28)/t16-,20?,21+,22-/m1/s1. The first-order valence-corrected chi connectivity index (χ1v) is 20.2. The molecule has 1 aliphatic heterocycles. The molecule has 1 aliphatic rings. The predicted molar refractivity (Wildman–Crippen MR) is 165 cm³/mol. The van der Waals surface area contributed by atoms with Crippen molar-refractivity contribution in [1.29, 1.82) is 0 Å². The summed E-state index contributed by atoms with van der Waals surface area (Å²) in [7, 11) is 5.99. The van der Waals surface area contributed by atoms with Gasteiger partial charge in [-0.15, -0.1) is 8.93 Å². The molecular weight excluding hydrogens is 619 g/mol. The van der Waals surface area contributed by atoms with Crippen LogP contribution < -0.4 is 16.6 Å². The van der Waals surface area contributed by atoms with Crippen LogP contribution in [-0.4, -0.2) is 79.9 Å². The molecule has 0 saturated carbocycles. The van der Waals surface area contributed by atoms with Gasteiger partial charge < -0.3 is 24.8 Å². The molecule has 0 aliphatic carbocycles. The first-order chi connectivity index (χ1) is 19.2. The number of aliphatic hydroxyl groups is 2. The van der Waals surface area contributed by atoms with E-state index in [1.54, 1.807) is 0 Å². The Labute approximate surface area is 246 Å². The second kappa shape index (κ2) is 19.5. The van der Waals surface area contributed by atoms with Gasteiger partial charge in [0.15, 0.2) is 6.23 Å². The summed E-state index contributed by atoms with van der Waals surface area (Å²) in [4.78, 5) is 61.2. The van der Waals surface area contributed by atoms with Crippen molar-refractivity contribution in [1.82, 2.24) is 14.5 Å². The lowest BCUT2D eigenvalue weighted by molar-refractivity contribution is -0.121. The highest BCUT2D eigenvalue weighted by Crippen LogP contribution is 2.44. The number of ketones is 1. The van der Waals surface area contributed by atoms with Gasteiger partial charge in [-0.2, -0.15) is 4.57 Å². The molecule has 2 rings (SSSR count). The number of rotatable bonds is 19. The SMILES string of the molecule is CCC(=O)CCCCCNC(=O)CCSSCCC(=O)n1c(=O)ccn([C@@H]2O[C@H](COPPP)C(O)[C@@H]2O)c1=O. The van der Waals surface area contributed by atoms with Gasteiger partial charge in [0.05, 0.1) is 6.61 Å². The normalized spacial score (nSPS) is 21.1. The molecule has 40 heavy (non-hydrogen) atoms. The van der Waals surface area contributed by atoms with Crippen LogP contribution in [0.3, 0.4) is 0 Å². The van der Waals surface area contributed by atoms with Crippen LogP contribution in [0, 0.1) is 0 Å². The van der Waals surface area contributed by atoms with E-state index in [2.05, 4.69) is 14.2 Å². The Morgan fingerprint density at radius 3 is 2.52 bits per heavy atom. The van der Waals surface area contributed by atoms with Crippen molar-refractivity contribution in [3.05, 3.63) is 33.1 Å². The maximum atomic E-state index is 13.0. The van der Waals surface area contributed by atoms with Crippen molar-refractivity contribution in [2.45, 2.75) is 76.4 Å². The average Bonchev–Trinajstić information content (AvgIpc) is 3.21. The molecule has 7 atom stereocenters. The van der Waals surface area contributed by atoms with Gasteiger partial charge in [0.1, 0.15) is 24.1 Å². The molecule has 0 spiro atoms. The van der Waals surface area contributed by atoms with Crippen LogP contribution in [-0.2, 0) is 18.8 Å². The van der Waals surface area contributed by atoms with E-state index in [0.717, 1.165) is 36.1 Å². The summed E-state index contributed by atoms with van der Waals surface area (Å²) in [6.45, 7) is 2.45. The summed E-state index contributed by atoms with van der Waals surface area (Å²) in [6, 6.07) is 1.04. The lowest BCUT2D eigenvalue weighted by Crippen LogP contribution is -2.45. The molecular formula is C23H38N3O9P3S2. The smallest absolute Gasteiger partial charge is 0.340 e. The van der Waals surface area contributed by atoms with Crippen LogP contribution in [0.25, 0.3) is 0 Å². The number of unbranched alkanes of at least 4 members (excludes halogenated alkanes) is 2. The highest BCUT2D eigenvalue weighted by molar-refractivity contribution is 8.76. The first kappa shape index (κ1) is 35.5. The second-order valence-corrected chi connectivity index (χ2v) is 16.4. The van der Waals surface area contributed by atoms with Gasteiger partial charge in [-0.1, -0.05) is 42.9 Å². The average molecular weight is 658 g/mol. The third-order valence-corrected chi connectivity index (χ3v) is 10.7. The van der Waals surface area contributed by atoms with E-state index in [-0.39, 0.29) is 33.2 Å². The summed E-state index contributed by atoms with van der Waals surface area (Å²) in [5.41, 5.74) is -1.76. The van der Waals surface area contributed by atoms with E-state index >= 15 is 0 Å². The van der Waals surface area contributed by atoms with Crippen molar-refractivity contribution < 1.29 is 33.9 Å². The van der Waals surface area contributed by atoms with E-state index in [1.165, 1.54) is 21.6 Å². The molecule has 1 aromatic rings. The number of nitrogens with one attached hydrogen (secondary N) is 1. The molecule has 1 amide bonds. The molecule has 12 nitrogen and oxygen atoms in total. The fraction of sp³-hybridized carbons (Fsp3) is 0.696. The monoisotopic (exact) mass is 657 g/mol. The van der Waals surface area contributed by atoms with Gasteiger partial charge in [-0.25, -0.2) is 4.79 Å². The van der Waals surface area contributed by atoms with Gasteiger partial charge in [-0.05, 0) is 12.8 Å². The zero-order valence-corrected chi connectivity index (χ0v) is 27.1. The lowest BCUT2D eigenvalue weighted by atomic mass is 10.1. The number of amides is 1. The topological polar surface area (TPSA) is 166 Å². The fourth-order valence-electron chi connectivity index (χ4n) is 3.79. The third kappa shape index (κ3) is 11.5. The quantitative estimate of drug-likeness (QED) is 0.113. The van der Waals surface area contributed by atoms with Crippen LogP contribution in [0.15, 0.2) is 21.9 Å². The van der Waals surface area contributed by atoms with E-state index in [0.29, 0.717) is 49.8 Å². The van der Waals surface area contributed by atoms with Crippen LogP contribution in [0.1, 0.15) is 62.9 Å². The van der Waals surface area contributed by atoms with Crippen molar-refractivity contribution in [3.63, 3.8) is 0 Å². The van der Waals surface area contributed by atoms with Gasteiger partial charge in [0.2, 0.25) is 11.8 Å². The Morgan fingerprint density at radius 1 is 1.10 bits per heavy atom. The van der Waals surface area contributed by atoms with Gasteiger partial charge in [-0.3, -0.25) is 23.7 Å². The van der Waals surface area contributed by atoms with E-state index in [9.17, 15) is 34.2 Å². The summed E-state index contributed by atoms with van der Waals surface area (Å²) in [5, 5.41) is 23.6. The van der Waals surface area contributed by atoms with Crippen molar-refractivity contribution in [3.8, 4) is 0 Å². The van der Waals surface area contributed by atoms with Gasteiger partial charge in [0.25, 0.3) is 5.56 Å². The minimum atomic E-state index is -1.45. The van der Waals surface area contributed by atoms with Gasteiger partial charge >= 0.3 is 5.69 Å². The molecule has 226 valence electrons. The molecule has 1 fully saturated rings. The molecule has 1 saturated heterocycles. The van der Waals surface area contributed by atoms with E-state index < -0.39 is 41.7 Å². The Morgan fingerprint density at radius 2 is 1.82 bits per heavy atom.